The van der Waals surface area contributed by atoms with Crippen LogP contribution in [0.4, 0.5) is 13.2 Å². The van der Waals surface area contributed by atoms with Crippen LogP contribution in [-0.4, -0.2) is 33.3 Å². The van der Waals surface area contributed by atoms with E-state index < -0.39 is 15.5 Å². The molecule has 0 saturated heterocycles. The van der Waals surface area contributed by atoms with Crippen LogP contribution >= 0.6 is 11.8 Å². The quantitative estimate of drug-likeness (QED) is 0.746. The van der Waals surface area contributed by atoms with E-state index in [4.69, 9.17) is 0 Å². The van der Waals surface area contributed by atoms with Crippen molar-refractivity contribution in [2.45, 2.75) is 23.9 Å². The molecule has 0 heterocycles. The standard InChI is InChI=1S/C12H17F3N2O2S2/c1-9-10(8-16-2)4-3-5-11(9)21(18,19)17-6-7-20-12(13,14)15/h3-5,16-17H,6-8H2,1-2H3. The summed E-state index contributed by atoms with van der Waals surface area (Å²) >= 11 is -0.252. The molecule has 0 aliphatic carbocycles. The lowest BCUT2D eigenvalue weighted by molar-refractivity contribution is -0.0327. The molecule has 0 unspecified atom stereocenters. The van der Waals surface area contributed by atoms with Gasteiger partial charge in [0.25, 0.3) is 0 Å². The van der Waals surface area contributed by atoms with Gasteiger partial charge in [0.1, 0.15) is 0 Å². The van der Waals surface area contributed by atoms with E-state index in [0.29, 0.717) is 12.1 Å². The number of rotatable bonds is 7. The van der Waals surface area contributed by atoms with Crippen molar-refractivity contribution in [2.24, 2.45) is 0 Å². The topological polar surface area (TPSA) is 58.2 Å². The van der Waals surface area contributed by atoms with E-state index in [1.165, 1.54) is 6.07 Å². The predicted octanol–water partition coefficient (Wildman–Crippen LogP) is 2.25. The molecule has 1 rings (SSSR count). The average molecular weight is 342 g/mol. The third kappa shape index (κ3) is 5.85. The second-order valence-electron chi connectivity index (χ2n) is 4.26. The SMILES string of the molecule is CNCc1cccc(S(=O)(=O)NCCSC(F)(F)F)c1C. The summed E-state index contributed by atoms with van der Waals surface area (Å²) in [6, 6.07) is 4.84. The number of alkyl halides is 3. The Kier molecular flexibility index (Phi) is 6.51. The minimum atomic E-state index is -4.35. The van der Waals surface area contributed by atoms with Crippen molar-refractivity contribution in [3.63, 3.8) is 0 Å². The second kappa shape index (κ2) is 7.48. The average Bonchev–Trinajstić information content (AvgIpc) is 2.36. The normalized spacial score (nSPS) is 12.6. The molecular weight excluding hydrogens is 325 g/mol. The van der Waals surface area contributed by atoms with Crippen molar-refractivity contribution in [2.75, 3.05) is 19.3 Å². The molecule has 0 aliphatic rings. The summed E-state index contributed by atoms with van der Waals surface area (Å²) in [7, 11) is -2.06. The minimum Gasteiger partial charge on any atom is -0.316 e. The molecule has 0 fully saturated rings. The van der Waals surface area contributed by atoms with E-state index in [-0.39, 0.29) is 29.0 Å². The first-order valence-electron chi connectivity index (χ1n) is 6.11. The van der Waals surface area contributed by atoms with Gasteiger partial charge in [0.2, 0.25) is 10.0 Å². The van der Waals surface area contributed by atoms with Crippen molar-refractivity contribution >= 4 is 21.8 Å². The Hall–Kier alpha value is -0.770. The first-order chi connectivity index (χ1) is 9.67. The van der Waals surface area contributed by atoms with Crippen molar-refractivity contribution in [3.8, 4) is 0 Å². The summed E-state index contributed by atoms with van der Waals surface area (Å²) in [5.74, 6) is -0.363. The van der Waals surface area contributed by atoms with E-state index >= 15 is 0 Å². The fourth-order valence-corrected chi connectivity index (χ4v) is 3.64. The van der Waals surface area contributed by atoms with Gasteiger partial charge in [-0.2, -0.15) is 13.2 Å². The molecule has 120 valence electrons. The molecule has 21 heavy (non-hydrogen) atoms. The number of halogens is 3. The fourth-order valence-electron chi connectivity index (χ4n) is 1.75. The first-order valence-corrected chi connectivity index (χ1v) is 8.57. The summed E-state index contributed by atoms with van der Waals surface area (Å²) in [6.07, 6.45) is 0. The lowest BCUT2D eigenvalue weighted by Crippen LogP contribution is -2.27. The summed E-state index contributed by atoms with van der Waals surface area (Å²) in [5, 5.41) is 2.93. The monoisotopic (exact) mass is 342 g/mol. The van der Waals surface area contributed by atoms with Crippen LogP contribution in [0.3, 0.4) is 0 Å². The van der Waals surface area contributed by atoms with E-state index in [0.717, 1.165) is 5.56 Å². The highest BCUT2D eigenvalue weighted by atomic mass is 32.2. The molecule has 1 aromatic rings. The van der Waals surface area contributed by atoms with Gasteiger partial charge < -0.3 is 5.32 Å². The summed E-state index contributed by atoms with van der Waals surface area (Å²) in [4.78, 5) is 0.0901. The molecule has 4 nitrogen and oxygen atoms in total. The molecule has 0 atom stereocenters. The summed E-state index contributed by atoms with van der Waals surface area (Å²) in [5.41, 5.74) is -2.94. The maximum Gasteiger partial charge on any atom is 0.441 e. The molecule has 0 bridgehead atoms. The maximum atomic E-state index is 12.1. The number of sulfonamides is 1. The first kappa shape index (κ1) is 18.3. The molecule has 0 radical (unpaired) electrons. The van der Waals surface area contributed by atoms with Crippen LogP contribution < -0.4 is 10.0 Å². The number of hydrogen-bond donors (Lipinski definition) is 2. The molecule has 2 N–H and O–H groups in total. The molecule has 0 amide bonds. The Morgan fingerprint density at radius 1 is 1.29 bits per heavy atom. The molecule has 0 saturated carbocycles. The second-order valence-corrected chi connectivity index (χ2v) is 7.16. The highest BCUT2D eigenvalue weighted by Gasteiger charge is 2.28. The largest absolute Gasteiger partial charge is 0.441 e. The summed E-state index contributed by atoms with van der Waals surface area (Å²) < 4.78 is 62.4. The Morgan fingerprint density at radius 3 is 2.52 bits per heavy atom. The van der Waals surface area contributed by atoms with Crippen LogP contribution in [0.5, 0.6) is 0 Å². The molecule has 9 heteroatoms. The van der Waals surface area contributed by atoms with Gasteiger partial charge in [0.15, 0.2) is 0 Å². The van der Waals surface area contributed by atoms with Gasteiger partial charge in [-0.3, -0.25) is 0 Å². The highest BCUT2D eigenvalue weighted by Crippen LogP contribution is 2.29. The zero-order valence-corrected chi connectivity index (χ0v) is 13.3. The lowest BCUT2D eigenvalue weighted by Gasteiger charge is -2.13. The van der Waals surface area contributed by atoms with E-state index in [1.54, 1.807) is 26.1 Å². The zero-order valence-electron chi connectivity index (χ0n) is 11.6. The third-order valence-corrected chi connectivity index (χ3v) is 5.05. The third-order valence-electron chi connectivity index (χ3n) is 2.71. The fraction of sp³-hybridized carbons (Fsp3) is 0.500. The van der Waals surface area contributed by atoms with Crippen molar-refractivity contribution < 1.29 is 21.6 Å². The molecule has 0 aliphatic heterocycles. The van der Waals surface area contributed by atoms with Crippen LogP contribution in [-0.2, 0) is 16.6 Å². The number of hydrogen-bond acceptors (Lipinski definition) is 4. The Morgan fingerprint density at radius 2 is 1.95 bits per heavy atom. The van der Waals surface area contributed by atoms with Crippen LogP contribution in [0.2, 0.25) is 0 Å². The number of benzene rings is 1. The summed E-state index contributed by atoms with van der Waals surface area (Å²) in [6.45, 7) is 1.91. The van der Waals surface area contributed by atoms with Gasteiger partial charge in [0, 0.05) is 18.8 Å². The number of nitrogens with one attached hydrogen (secondary N) is 2. The Bertz CT molecular complexity index is 574. The van der Waals surface area contributed by atoms with Crippen molar-refractivity contribution in [1.29, 1.82) is 0 Å². The van der Waals surface area contributed by atoms with Crippen LogP contribution in [0, 0.1) is 6.92 Å². The Labute approximate surface area is 126 Å². The number of thioether (sulfide) groups is 1. The zero-order chi connectivity index (χ0) is 16.1. The molecule has 0 spiro atoms. The van der Waals surface area contributed by atoms with Gasteiger partial charge in [-0.15, -0.1) is 0 Å². The van der Waals surface area contributed by atoms with Crippen LogP contribution in [0.15, 0.2) is 23.1 Å². The van der Waals surface area contributed by atoms with Crippen molar-refractivity contribution in [1.82, 2.24) is 10.0 Å². The maximum absolute atomic E-state index is 12.1. The van der Waals surface area contributed by atoms with Crippen LogP contribution in [0.25, 0.3) is 0 Å². The van der Waals surface area contributed by atoms with Gasteiger partial charge in [-0.1, -0.05) is 12.1 Å². The predicted molar refractivity (Wildman–Crippen MR) is 77.6 cm³/mol. The van der Waals surface area contributed by atoms with Gasteiger partial charge in [-0.05, 0) is 42.9 Å². The van der Waals surface area contributed by atoms with Crippen LogP contribution in [0.1, 0.15) is 11.1 Å². The lowest BCUT2D eigenvalue weighted by atomic mass is 10.1. The van der Waals surface area contributed by atoms with E-state index in [9.17, 15) is 21.6 Å². The molecule has 1 aromatic carbocycles. The molecule has 0 aromatic heterocycles. The van der Waals surface area contributed by atoms with Gasteiger partial charge in [0.05, 0.1) is 4.90 Å². The Balaban J connectivity index is 2.77. The molecular formula is C12H17F3N2O2S2. The van der Waals surface area contributed by atoms with E-state index in [2.05, 4.69) is 10.0 Å². The minimum absolute atomic E-state index is 0.0901. The highest BCUT2D eigenvalue weighted by molar-refractivity contribution is 8.00. The van der Waals surface area contributed by atoms with Gasteiger partial charge in [-0.25, -0.2) is 13.1 Å². The van der Waals surface area contributed by atoms with E-state index in [1.807, 2.05) is 0 Å². The smallest absolute Gasteiger partial charge is 0.316 e. The van der Waals surface area contributed by atoms with Crippen molar-refractivity contribution in [3.05, 3.63) is 29.3 Å². The van der Waals surface area contributed by atoms with Gasteiger partial charge >= 0.3 is 5.51 Å².